The van der Waals surface area contributed by atoms with Crippen LogP contribution in [0.4, 0.5) is 5.69 Å². The summed E-state index contributed by atoms with van der Waals surface area (Å²) in [5.41, 5.74) is 9.28. The molecule has 2 N–H and O–H groups in total. The quantitative estimate of drug-likeness (QED) is 0.791. The third-order valence-electron chi connectivity index (χ3n) is 2.95. The molecule has 2 nitrogen and oxygen atoms in total. The van der Waals surface area contributed by atoms with Crippen molar-refractivity contribution in [3.8, 4) is 0 Å². The molecule has 0 fully saturated rings. The Kier molecular flexibility index (Phi) is 5.02. The lowest BCUT2D eigenvalue weighted by molar-refractivity contribution is 0.319. The summed E-state index contributed by atoms with van der Waals surface area (Å²) in [7, 11) is 2.10. The van der Waals surface area contributed by atoms with Crippen molar-refractivity contribution in [1.29, 1.82) is 0 Å². The minimum atomic E-state index is 0.827. The van der Waals surface area contributed by atoms with Crippen LogP contribution in [0.15, 0.2) is 51.4 Å². The second kappa shape index (κ2) is 6.55. The molecule has 2 rings (SSSR count). The van der Waals surface area contributed by atoms with Gasteiger partial charge in [0.05, 0.1) is 0 Å². The van der Waals surface area contributed by atoms with Crippen molar-refractivity contribution in [1.82, 2.24) is 4.90 Å². The Balaban J connectivity index is 2.05. The molecular weight excluding hydrogens is 368 g/mol. The Hall–Kier alpha value is -0.840. The number of anilines is 1. The molecule has 0 aliphatic heterocycles. The van der Waals surface area contributed by atoms with Gasteiger partial charge in [0.1, 0.15) is 0 Å². The molecule has 19 heavy (non-hydrogen) atoms. The van der Waals surface area contributed by atoms with Crippen molar-refractivity contribution in [2.75, 3.05) is 12.8 Å². The number of rotatable bonds is 4. The first-order chi connectivity index (χ1) is 9.06. The number of nitrogen functional groups attached to an aromatic ring is 1. The first-order valence-electron chi connectivity index (χ1n) is 6.02. The summed E-state index contributed by atoms with van der Waals surface area (Å²) in [4.78, 5) is 2.25. The standard InChI is InChI=1S/C15H16Br2N2/c1-19(9-11-4-2-3-5-14(11)17)10-12-6-7-13(16)8-15(12)18/h2-8H,9-10,18H2,1H3. The molecule has 0 radical (unpaired) electrons. The van der Waals surface area contributed by atoms with Gasteiger partial charge in [-0.25, -0.2) is 0 Å². The minimum Gasteiger partial charge on any atom is -0.398 e. The van der Waals surface area contributed by atoms with E-state index < -0.39 is 0 Å². The fraction of sp³-hybridized carbons (Fsp3) is 0.200. The summed E-state index contributed by atoms with van der Waals surface area (Å²) >= 11 is 7.00. The SMILES string of the molecule is CN(Cc1ccc(Br)cc1N)Cc1ccccc1Br. The van der Waals surface area contributed by atoms with Gasteiger partial charge >= 0.3 is 0 Å². The molecule has 0 aliphatic carbocycles. The van der Waals surface area contributed by atoms with Crippen molar-refractivity contribution >= 4 is 37.5 Å². The van der Waals surface area contributed by atoms with Gasteiger partial charge in [0.2, 0.25) is 0 Å². The van der Waals surface area contributed by atoms with E-state index in [1.807, 2.05) is 18.2 Å². The summed E-state index contributed by atoms with van der Waals surface area (Å²) in [5, 5.41) is 0. The lowest BCUT2D eigenvalue weighted by Crippen LogP contribution is -2.18. The molecule has 0 saturated heterocycles. The molecule has 0 bridgehead atoms. The molecule has 4 heteroatoms. The Morgan fingerprint density at radius 3 is 2.37 bits per heavy atom. The van der Waals surface area contributed by atoms with E-state index in [2.05, 4.69) is 68.1 Å². The number of hydrogen-bond donors (Lipinski definition) is 1. The Morgan fingerprint density at radius 1 is 1.00 bits per heavy atom. The van der Waals surface area contributed by atoms with Crippen molar-refractivity contribution in [3.63, 3.8) is 0 Å². The Morgan fingerprint density at radius 2 is 1.68 bits per heavy atom. The number of nitrogens with zero attached hydrogens (tertiary/aromatic N) is 1. The van der Waals surface area contributed by atoms with Crippen molar-refractivity contribution in [3.05, 3.63) is 62.5 Å². The summed E-state index contributed by atoms with van der Waals surface area (Å²) in [5.74, 6) is 0. The molecule has 2 aromatic rings. The maximum Gasteiger partial charge on any atom is 0.0371 e. The fourth-order valence-electron chi connectivity index (χ4n) is 1.97. The zero-order chi connectivity index (χ0) is 13.8. The van der Waals surface area contributed by atoms with E-state index in [0.717, 1.165) is 33.3 Å². The van der Waals surface area contributed by atoms with Crippen LogP contribution < -0.4 is 5.73 Å². The summed E-state index contributed by atoms with van der Waals surface area (Å²) in [6.07, 6.45) is 0. The van der Waals surface area contributed by atoms with Crippen LogP contribution in [0.5, 0.6) is 0 Å². The highest BCUT2D eigenvalue weighted by Crippen LogP contribution is 2.22. The predicted molar refractivity (Wildman–Crippen MR) is 87.9 cm³/mol. The van der Waals surface area contributed by atoms with Crippen LogP contribution in [0.2, 0.25) is 0 Å². The van der Waals surface area contributed by atoms with E-state index in [1.165, 1.54) is 5.56 Å². The number of benzene rings is 2. The van der Waals surface area contributed by atoms with Gasteiger partial charge in [-0.15, -0.1) is 0 Å². The molecule has 100 valence electrons. The van der Waals surface area contributed by atoms with E-state index in [9.17, 15) is 0 Å². The van der Waals surface area contributed by atoms with E-state index in [-0.39, 0.29) is 0 Å². The first kappa shape index (κ1) is 14.6. The van der Waals surface area contributed by atoms with E-state index in [0.29, 0.717) is 0 Å². The Bertz CT molecular complexity index is 570. The lowest BCUT2D eigenvalue weighted by atomic mass is 10.1. The maximum absolute atomic E-state index is 6.03. The van der Waals surface area contributed by atoms with Gasteiger partial charge < -0.3 is 5.73 Å². The van der Waals surface area contributed by atoms with E-state index in [1.54, 1.807) is 0 Å². The molecule has 0 atom stereocenters. The number of halogens is 2. The monoisotopic (exact) mass is 382 g/mol. The average molecular weight is 384 g/mol. The third-order valence-corrected chi connectivity index (χ3v) is 4.21. The molecule has 2 aromatic carbocycles. The molecule has 0 aliphatic rings. The molecule has 0 saturated carbocycles. The highest BCUT2D eigenvalue weighted by molar-refractivity contribution is 9.10. The van der Waals surface area contributed by atoms with Gasteiger partial charge in [0, 0.05) is 27.7 Å². The summed E-state index contributed by atoms with van der Waals surface area (Å²) in [6, 6.07) is 14.3. The maximum atomic E-state index is 6.03. The average Bonchev–Trinajstić information content (AvgIpc) is 2.36. The van der Waals surface area contributed by atoms with Crippen LogP contribution in [0.1, 0.15) is 11.1 Å². The van der Waals surface area contributed by atoms with Gasteiger partial charge in [0.15, 0.2) is 0 Å². The highest BCUT2D eigenvalue weighted by atomic mass is 79.9. The van der Waals surface area contributed by atoms with E-state index >= 15 is 0 Å². The van der Waals surface area contributed by atoms with Crippen molar-refractivity contribution < 1.29 is 0 Å². The number of nitrogens with two attached hydrogens (primary N) is 1. The van der Waals surface area contributed by atoms with Gasteiger partial charge in [-0.05, 0) is 36.4 Å². The molecule has 0 unspecified atom stereocenters. The molecule has 0 heterocycles. The van der Waals surface area contributed by atoms with Gasteiger partial charge in [0.25, 0.3) is 0 Å². The predicted octanol–water partition coefficient (Wildman–Crippen LogP) is 4.43. The van der Waals surface area contributed by atoms with Crippen molar-refractivity contribution in [2.45, 2.75) is 13.1 Å². The second-order valence-corrected chi connectivity index (χ2v) is 6.38. The van der Waals surface area contributed by atoms with Crippen LogP contribution in [0.3, 0.4) is 0 Å². The van der Waals surface area contributed by atoms with Gasteiger partial charge in [-0.1, -0.05) is 56.1 Å². The van der Waals surface area contributed by atoms with Gasteiger partial charge in [-0.3, -0.25) is 4.90 Å². The smallest absolute Gasteiger partial charge is 0.0371 e. The van der Waals surface area contributed by atoms with Crippen LogP contribution in [0.25, 0.3) is 0 Å². The molecular formula is C15H16Br2N2. The fourth-order valence-corrected chi connectivity index (χ4v) is 2.76. The zero-order valence-electron chi connectivity index (χ0n) is 10.7. The molecule has 0 aromatic heterocycles. The molecule has 0 spiro atoms. The van der Waals surface area contributed by atoms with Crippen LogP contribution in [-0.2, 0) is 13.1 Å². The third kappa shape index (κ3) is 4.06. The highest BCUT2D eigenvalue weighted by Gasteiger charge is 2.07. The van der Waals surface area contributed by atoms with Crippen LogP contribution in [0, 0.1) is 0 Å². The topological polar surface area (TPSA) is 29.3 Å². The lowest BCUT2D eigenvalue weighted by Gasteiger charge is -2.18. The second-order valence-electron chi connectivity index (χ2n) is 4.61. The largest absolute Gasteiger partial charge is 0.398 e. The van der Waals surface area contributed by atoms with Crippen LogP contribution in [-0.4, -0.2) is 11.9 Å². The summed E-state index contributed by atoms with van der Waals surface area (Å²) in [6.45, 7) is 1.72. The zero-order valence-corrected chi connectivity index (χ0v) is 13.9. The Labute approximate surface area is 130 Å². The summed E-state index contributed by atoms with van der Waals surface area (Å²) < 4.78 is 2.16. The first-order valence-corrected chi connectivity index (χ1v) is 7.60. The normalized spacial score (nSPS) is 10.9. The molecule has 0 amide bonds. The van der Waals surface area contributed by atoms with E-state index in [4.69, 9.17) is 5.73 Å². The van der Waals surface area contributed by atoms with Gasteiger partial charge in [-0.2, -0.15) is 0 Å². The number of hydrogen-bond acceptors (Lipinski definition) is 2. The van der Waals surface area contributed by atoms with Crippen molar-refractivity contribution in [2.24, 2.45) is 0 Å². The minimum absolute atomic E-state index is 0.827. The van der Waals surface area contributed by atoms with Crippen LogP contribution >= 0.6 is 31.9 Å².